The van der Waals surface area contributed by atoms with Crippen molar-refractivity contribution in [3.05, 3.63) is 54.1 Å². The lowest BCUT2D eigenvalue weighted by atomic mass is 10.2. The van der Waals surface area contributed by atoms with E-state index in [2.05, 4.69) is 10.0 Å². The molecule has 2 N–H and O–H groups in total. The van der Waals surface area contributed by atoms with Gasteiger partial charge in [-0.05, 0) is 49.4 Å². The molecule has 126 valence electrons. The molecular weight excluding hydrogens is 344 g/mol. The Labute approximate surface area is 145 Å². The minimum absolute atomic E-state index is 0.0432. The molecule has 0 bridgehead atoms. The highest BCUT2D eigenvalue weighted by Crippen LogP contribution is 2.24. The van der Waals surface area contributed by atoms with E-state index in [1.165, 1.54) is 23.9 Å². The third-order valence-electron chi connectivity index (χ3n) is 3.65. The van der Waals surface area contributed by atoms with Crippen LogP contribution in [0.15, 0.2) is 58.3 Å². The van der Waals surface area contributed by atoms with E-state index in [0.717, 1.165) is 17.7 Å². The van der Waals surface area contributed by atoms with Gasteiger partial charge in [0, 0.05) is 16.6 Å². The molecule has 1 fully saturated rings. The second kappa shape index (κ2) is 6.96. The normalized spacial score (nSPS) is 14.4. The molecule has 1 saturated carbocycles. The van der Waals surface area contributed by atoms with E-state index in [1.54, 1.807) is 24.3 Å². The Bertz CT molecular complexity index is 862. The Morgan fingerprint density at radius 1 is 1.12 bits per heavy atom. The highest BCUT2D eigenvalue weighted by Gasteiger charge is 2.28. The summed E-state index contributed by atoms with van der Waals surface area (Å²) in [5.74, 6) is -0.260. The summed E-state index contributed by atoms with van der Waals surface area (Å²) in [6.45, 7) is 0. The number of carbonyl (C=O) groups excluding carboxylic acids is 1. The van der Waals surface area contributed by atoms with Gasteiger partial charge in [0.2, 0.25) is 10.0 Å². The first-order chi connectivity index (χ1) is 11.5. The predicted octanol–water partition coefficient (Wildman–Crippen LogP) is 3.10. The van der Waals surface area contributed by atoms with Crippen molar-refractivity contribution >= 4 is 33.4 Å². The third kappa shape index (κ3) is 3.98. The summed E-state index contributed by atoms with van der Waals surface area (Å²) in [6.07, 6.45) is 3.66. The van der Waals surface area contributed by atoms with Crippen molar-refractivity contribution in [1.29, 1.82) is 0 Å². The van der Waals surface area contributed by atoms with Gasteiger partial charge in [0.15, 0.2) is 0 Å². The standard InChI is InChI=1S/C17H18N2O3S2/c1-23-16-8-3-2-7-15(16)17(20)18-13-5-4-6-14(11-13)24(21,22)19-12-9-10-12/h2-8,11-12,19H,9-10H2,1H3,(H,18,20). The molecule has 5 nitrogen and oxygen atoms in total. The molecule has 7 heteroatoms. The molecule has 2 aromatic carbocycles. The van der Waals surface area contributed by atoms with Gasteiger partial charge in [0.25, 0.3) is 5.91 Å². The summed E-state index contributed by atoms with van der Waals surface area (Å²) in [4.78, 5) is 13.5. The number of amides is 1. The van der Waals surface area contributed by atoms with Crippen LogP contribution in [0.4, 0.5) is 5.69 Å². The molecule has 0 saturated heterocycles. The minimum atomic E-state index is -3.54. The number of sulfonamides is 1. The van der Waals surface area contributed by atoms with Crippen LogP contribution < -0.4 is 10.0 Å². The lowest BCUT2D eigenvalue weighted by Crippen LogP contribution is -2.25. The minimum Gasteiger partial charge on any atom is -0.322 e. The van der Waals surface area contributed by atoms with Crippen molar-refractivity contribution in [3.63, 3.8) is 0 Å². The molecule has 24 heavy (non-hydrogen) atoms. The Morgan fingerprint density at radius 2 is 1.88 bits per heavy atom. The molecule has 0 unspecified atom stereocenters. The Hall–Kier alpha value is -1.83. The van der Waals surface area contributed by atoms with Crippen LogP contribution in [0.3, 0.4) is 0 Å². The van der Waals surface area contributed by atoms with E-state index in [0.29, 0.717) is 11.3 Å². The summed E-state index contributed by atoms with van der Waals surface area (Å²) in [7, 11) is -3.54. The first-order valence-corrected chi connectivity index (χ1v) is 10.3. The lowest BCUT2D eigenvalue weighted by molar-refractivity contribution is 0.102. The fourth-order valence-electron chi connectivity index (χ4n) is 2.26. The Morgan fingerprint density at radius 3 is 2.58 bits per heavy atom. The topological polar surface area (TPSA) is 75.3 Å². The molecule has 0 radical (unpaired) electrons. The van der Waals surface area contributed by atoms with Gasteiger partial charge in [0.05, 0.1) is 10.5 Å². The van der Waals surface area contributed by atoms with Crippen molar-refractivity contribution in [3.8, 4) is 0 Å². The molecule has 3 rings (SSSR count). The number of anilines is 1. The summed E-state index contributed by atoms with van der Waals surface area (Å²) in [5, 5.41) is 2.77. The number of rotatable bonds is 6. The summed E-state index contributed by atoms with van der Waals surface area (Å²) < 4.78 is 27.2. The van der Waals surface area contributed by atoms with Crippen LogP contribution in [-0.2, 0) is 10.0 Å². The van der Waals surface area contributed by atoms with Crippen molar-refractivity contribution in [1.82, 2.24) is 4.72 Å². The second-order valence-corrected chi connectivity index (χ2v) is 8.14. The SMILES string of the molecule is CSc1ccccc1C(=O)Nc1cccc(S(=O)(=O)NC2CC2)c1. The second-order valence-electron chi connectivity index (χ2n) is 5.58. The number of nitrogens with one attached hydrogen (secondary N) is 2. The zero-order valence-corrected chi connectivity index (χ0v) is 14.8. The fourth-order valence-corrected chi connectivity index (χ4v) is 4.21. The summed E-state index contributed by atoms with van der Waals surface area (Å²) in [5.41, 5.74) is 1.02. The number of hydrogen-bond acceptors (Lipinski definition) is 4. The van der Waals surface area contributed by atoms with Gasteiger partial charge in [-0.25, -0.2) is 13.1 Å². The number of thioether (sulfide) groups is 1. The summed E-state index contributed by atoms with van der Waals surface area (Å²) >= 11 is 1.49. The fraction of sp³-hybridized carbons (Fsp3) is 0.235. The third-order valence-corrected chi connectivity index (χ3v) is 5.97. The number of hydrogen-bond donors (Lipinski definition) is 2. The van der Waals surface area contributed by atoms with E-state index in [1.807, 2.05) is 18.4 Å². The Balaban J connectivity index is 1.80. The predicted molar refractivity (Wildman–Crippen MR) is 96.0 cm³/mol. The van der Waals surface area contributed by atoms with Gasteiger partial charge in [-0.1, -0.05) is 18.2 Å². The zero-order valence-electron chi connectivity index (χ0n) is 13.2. The van der Waals surface area contributed by atoms with Crippen LogP contribution in [0.25, 0.3) is 0 Å². The molecule has 0 aromatic heterocycles. The molecule has 1 aliphatic rings. The van der Waals surface area contributed by atoms with Crippen molar-refractivity contribution < 1.29 is 13.2 Å². The first-order valence-electron chi connectivity index (χ1n) is 7.56. The van der Waals surface area contributed by atoms with Crippen molar-refractivity contribution in [2.75, 3.05) is 11.6 Å². The maximum absolute atomic E-state index is 12.5. The van der Waals surface area contributed by atoms with E-state index in [9.17, 15) is 13.2 Å². The largest absolute Gasteiger partial charge is 0.322 e. The summed E-state index contributed by atoms with van der Waals surface area (Å²) in [6, 6.07) is 13.6. The van der Waals surface area contributed by atoms with Gasteiger partial charge in [-0.2, -0.15) is 0 Å². The van der Waals surface area contributed by atoms with E-state index >= 15 is 0 Å². The molecule has 0 atom stereocenters. The van der Waals surface area contributed by atoms with Gasteiger partial charge in [-0.15, -0.1) is 11.8 Å². The van der Waals surface area contributed by atoms with Crippen LogP contribution in [0.2, 0.25) is 0 Å². The van der Waals surface area contributed by atoms with E-state index < -0.39 is 10.0 Å². The molecule has 1 amide bonds. The van der Waals surface area contributed by atoms with Crippen LogP contribution in [0, 0.1) is 0 Å². The van der Waals surface area contributed by atoms with Gasteiger partial charge in [-0.3, -0.25) is 4.79 Å². The van der Waals surface area contributed by atoms with Crippen LogP contribution in [0.1, 0.15) is 23.2 Å². The van der Waals surface area contributed by atoms with E-state index in [4.69, 9.17) is 0 Å². The first kappa shape index (κ1) is 17.0. The number of carbonyl (C=O) groups is 1. The van der Waals surface area contributed by atoms with Crippen LogP contribution >= 0.6 is 11.8 Å². The smallest absolute Gasteiger partial charge is 0.256 e. The molecule has 2 aromatic rings. The van der Waals surface area contributed by atoms with Crippen molar-refractivity contribution in [2.45, 2.75) is 28.7 Å². The van der Waals surface area contributed by atoms with Crippen molar-refractivity contribution in [2.24, 2.45) is 0 Å². The average Bonchev–Trinajstić information content (AvgIpc) is 3.38. The highest BCUT2D eigenvalue weighted by molar-refractivity contribution is 7.98. The maximum atomic E-state index is 12.5. The molecule has 0 aliphatic heterocycles. The molecule has 0 spiro atoms. The Kier molecular flexibility index (Phi) is 4.93. The van der Waals surface area contributed by atoms with Gasteiger partial charge in [0.1, 0.15) is 0 Å². The zero-order chi connectivity index (χ0) is 17.2. The molecular formula is C17H18N2O3S2. The van der Waals surface area contributed by atoms with Gasteiger partial charge >= 0.3 is 0 Å². The van der Waals surface area contributed by atoms with Crippen LogP contribution in [-0.4, -0.2) is 26.6 Å². The van der Waals surface area contributed by atoms with E-state index in [-0.39, 0.29) is 16.8 Å². The average molecular weight is 362 g/mol. The van der Waals surface area contributed by atoms with Crippen LogP contribution in [0.5, 0.6) is 0 Å². The monoisotopic (exact) mass is 362 g/mol. The quantitative estimate of drug-likeness (QED) is 0.774. The maximum Gasteiger partial charge on any atom is 0.256 e. The number of benzene rings is 2. The molecule has 0 heterocycles. The lowest BCUT2D eigenvalue weighted by Gasteiger charge is -2.10. The molecule has 1 aliphatic carbocycles. The highest BCUT2D eigenvalue weighted by atomic mass is 32.2. The van der Waals surface area contributed by atoms with Gasteiger partial charge < -0.3 is 5.32 Å².